The van der Waals surface area contributed by atoms with Crippen molar-refractivity contribution in [2.24, 2.45) is 0 Å². The minimum atomic E-state index is -0.187. The zero-order valence-corrected chi connectivity index (χ0v) is 9.24. The first-order chi connectivity index (χ1) is 6.99. The van der Waals surface area contributed by atoms with Crippen molar-refractivity contribution in [3.05, 3.63) is 11.8 Å². The molecule has 0 aliphatic carbocycles. The van der Waals surface area contributed by atoms with Crippen LogP contribution in [0.3, 0.4) is 0 Å². The highest BCUT2D eigenvalue weighted by Gasteiger charge is 2.12. The van der Waals surface area contributed by atoms with Crippen LogP contribution in [0.2, 0.25) is 0 Å². The van der Waals surface area contributed by atoms with Crippen LogP contribution >= 0.6 is 0 Å². The zero-order valence-electron chi connectivity index (χ0n) is 9.24. The minimum absolute atomic E-state index is 0.0806. The third-order valence-electron chi connectivity index (χ3n) is 1.86. The third-order valence-corrected chi connectivity index (χ3v) is 1.86. The molecule has 0 aliphatic heterocycles. The van der Waals surface area contributed by atoms with Crippen LogP contribution in [0.15, 0.2) is 6.07 Å². The molecule has 1 heterocycles. The Morgan fingerprint density at radius 1 is 1.73 bits per heavy atom. The molecule has 6 heteroatoms. The van der Waals surface area contributed by atoms with Gasteiger partial charge in [0.05, 0.1) is 0 Å². The van der Waals surface area contributed by atoms with E-state index in [2.05, 4.69) is 15.5 Å². The van der Waals surface area contributed by atoms with Crippen LogP contribution in [-0.4, -0.2) is 47.7 Å². The van der Waals surface area contributed by atoms with Crippen LogP contribution in [0.1, 0.15) is 17.4 Å². The molecule has 0 spiro atoms. The lowest BCUT2D eigenvalue weighted by Crippen LogP contribution is -2.39. The smallest absolute Gasteiger partial charge is 0.269 e. The summed E-state index contributed by atoms with van der Waals surface area (Å²) in [6.45, 7) is 2.73. The van der Waals surface area contributed by atoms with Crippen molar-refractivity contribution in [2.45, 2.75) is 13.0 Å². The highest BCUT2D eigenvalue weighted by molar-refractivity contribution is 5.93. The number of carbonyl (C=O) groups excluding carboxylic acids is 1. The monoisotopic (exact) mass is 211 g/mol. The van der Waals surface area contributed by atoms with Gasteiger partial charge in [-0.15, -0.1) is 0 Å². The fourth-order valence-corrected chi connectivity index (χ4v) is 1.35. The van der Waals surface area contributed by atoms with Gasteiger partial charge in [0.25, 0.3) is 5.91 Å². The predicted octanol–water partition coefficient (Wildman–Crippen LogP) is -0.328. The Kier molecular flexibility index (Phi) is 3.68. The molecular formula is C9H17N5O. The number of anilines is 1. The van der Waals surface area contributed by atoms with Crippen molar-refractivity contribution in [3.63, 3.8) is 0 Å². The van der Waals surface area contributed by atoms with E-state index >= 15 is 0 Å². The number of nitrogens with two attached hydrogens (primary N) is 1. The maximum Gasteiger partial charge on any atom is 0.269 e. The number of aromatic nitrogens is 2. The number of aromatic amines is 1. The van der Waals surface area contributed by atoms with Gasteiger partial charge in [-0.25, -0.2) is 0 Å². The summed E-state index contributed by atoms with van der Waals surface area (Å²) in [7, 11) is 3.91. The number of nitrogen functional groups attached to an aromatic ring is 1. The molecule has 84 valence electrons. The number of hydrogen-bond acceptors (Lipinski definition) is 4. The number of carbonyl (C=O) groups is 1. The fourth-order valence-electron chi connectivity index (χ4n) is 1.35. The van der Waals surface area contributed by atoms with Gasteiger partial charge in [-0.2, -0.15) is 5.10 Å². The van der Waals surface area contributed by atoms with Crippen molar-refractivity contribution >= 4 is 11.7 Å². The summed E-state index contributed by atoms with van der Waals surface area (Å²) in [6.07, 6.45) is 0. The Morgan fingerprint density at radius 3 is 2.87 bits per heavy atom. The lowest BCUT2D eigenvalue weighted by Gasteiger charge is -2.17. The summed E-state index contributed by atoms with van der Waals surface area (Å²) in [4.78, 5) is 13.6. The van der Waals surface area contributed by atoms with E-state index in [0.717, 1.165) is 6.54 Å². The number of hydrogen-bond donors (Lipinski definition) is 3. The molecule has 1 atom stereocenters. The summed E-state index contributed by atoms with van der Waals surface area (Å²) in [5, 5.41) is 9.08. The SMILES string of the molecule is CC(CN(C)C)NC(=O)c1cc(N)n[nH]1. The molecule has 6 nitrogen and oxygen atoms in total. The van der Waals surface area contributed by atoms with Gasteiger partial charge in [0.2, 0.25) is 0 Å². The highest BCUT2D eigenvalue weighted by Crippen LogP contribution is 2.00. The van der Waals surface area contributed by atoms with E-state index in [1.807, 2.05) is 25.9 Å². The van der Waals surface area contributed by atoms with Crippen molar-refractivity contribution in [3.8, 4) is 0 Å². The van der Waals surface area contributed by atoms with Gasteiger partial charge in [-0.05, 0) is 21.0 Å². The molecule has 1 aromatic rings. The van der Waals surface area contributed by atoms with Gasteiger partial charge in [0.15, 0.2) is 0 Å². The highest BCUT2D eigenvalue weighted by atomic mass is 16.2. The Labute approximate surface area is 88.8 Å². The molecule has 1 aromatic heterocycles. The third kappa shape index (κ3) is 3.59. The van der Waals surface area contributed by atoms with Crippen molar-refractivity contribution in [2.75, 3.05) is 26.4 Å². The lowest BCUT2D eigenvalue weighted by atomic mass is 10.3. The zero-order chi connectivity index (χ0) is 11.4. The van der Waals surface area contributed by atoms with Crippen LogP contribution in [0.5, 0.6) is 0 Å². The Hall–Kier alpha value is -1.56. The Balaban J connectivity index is 2.49. The second-order valence-corrected chi connectivity index (χ2v) is 3.84. The molecule has 15 heavy (non-hydrogen) atoms. The van der Waals surface area contributed by atoms with E-state index < -0.39 is 0 Å². The lowest BCUT2D eigenvalue weighted by molar-refractivity contribution is 0.0929. The number of rotatable bonds is 4. The molecule has 0 radical (unpaired) electrons. The molecule has 0 fully saturated rings. The van der Waals surface area contributed by atoms with Gasteiger partial charge in [0, 0.05) is 18.7 Å². The molecular weight excluding hydrogens is 194 g/mol. The largest absolute Gasteiger partial charge is 0.382 e. The van der Waals surface area contributed by atoms with Crippen LogP contribution < -0.4 is 11.1 Å². The van der Waals surface area contributed by atoms with E-state index in [0.29, 0.717) is 11.5 Å². The summed E-state index contributed by atoms with van der Waals surface area (Å²) >= 11 is 0. The summed E-state index contributed by atoms with van der Waals surface area (Å²) in [6, 6.07) is 1.59. The van der Waals surface area contributed by atoms with Crippen LogP contribution in [0.4, 0.5) is 5.82 Å². The topological polar surface area (TPSA) is 87.0 Å². The van der Waals surface area contributed by atoms with Crippen LogP contribution in [-0.2, 0) is 0 Å². The van der Waals surface area contributed by atoms with E-state index in [1.54, 1.807) is 0 Å². The van der Waals surface area contributed by atoms with Crippen LogP contribution in [0.25, 0.3) is 0 Å². The molecule has 0 aliphatic rings. The van der Waals surface area contributed by atoms with E-state index in [4.69, 9.17) is 5.73 Å². The molecule has 0 saturated heterocycles. The standard InChI is InChI=1S/C9H17N5O/c1-6(5-14(2)3)11-9(15)7-4-8(10)13-12-7/h4,6H,5H2,1-3H3,(H,11,15)(H3,10,12,13). The number of likely N-dealkylation sites (N-methyl/N-ethyl adjacent to an activating group) is 1. The summed E-state index contributed by atoms with van der Waals surface area (Å²) < 4.78 is 0. The number of H-pyrrole nitrogens is 1. The predicted molar refractivity (Wildman–Crippen MR) is 58.5 cm³/mol. The molecule has 1 unspecified atom stereocenters. The molecule has 0 saturated carbocycles. The Morgan fingerprint density at radius 2 is 2.40 bits per heavy atom. The molecule has 0 bridgehead atoms. The number of nitrogens with zero attached hydrogens (tertiary/aromatic N) is 2. The minimum Gasteiger partial charge on any atom is -0.382 e. The first-order valence-corrected chi connectivity index (χ1v) is 4.75. The average Bonchev–Trinajstić information content (AvgIpc) is 2.49. The van der Waals surface area contributed by atoms with Crippen molar-refractivity contribution < 1.29 is 4.79 Å². The second kappa shape index (κ2) is 4.79. The first-order valence-electron chi connectivity index (χ1n) is 4.75. The number of amides is 1. The fraction of sp³-hybridized carbons (Fsp3) is 0.556. The first kappa shape index (κ1) is 11.5. The maximum atomic E-state index is 11.6. The molecule has 1 amide bonds. The Bertz CT molecular complexity index is 333. The normalized spacial score (nSPS) is 12.8. The van der Waals surface area contributed by atoms with E-state index in [9.17, 15) is 4.79 Å². The summed E-state index contributed by atoms with van der Waals surface area (Å²) in [5.41, 5.74) is 5.78. The van der Waals surface area contributed by atoms with Gasteiger partial charge in [0.1, 0.15) is 11.5 Å². The maximum absolute atomic E-state index is 11.6. The van der Waals surface area contributed by atoms with Gasteiger partial charge >= 0.3 is 0 Å². The summed E-state index contributed by atoms with van der Waals surface area (Å²) in [5.74, 6) is 0.133. The van der Waals surface area contributed by atoms with Gasteiger partial charge in [-0.1, -0.05) is 0 Å². The van der Waals surface area contributed by atoms with Gasteiger partial charge in [-0.3, -0.25) is 9.89 Å². The molecule has 4 N–H and O–H groups in total. The number of nitrogens with one attached hydrogen (secondary N) is 2. The molecule has 0 aromatic carbocycles. The van der Waals surface area contributed by atoms with E-state index in [-0.39, 0.29) is 11.9 Å². The van der Waals surface area contributed by atoms with Crippen LogP contribution in [0, 0.1) is 0 Å². The van der Waals surface area contributed by atoms with E-state index in [1.165, 1.54) is 6.07 Å². The molecule has 1 rings (SSSR count). The second-order valence-electron chi connectivity index (χ2n) is 3.84. The van der Waals surface area contributed by atoms with Gasteiger partial charge < -0.3 is 16.0 Å². The quantitative estimate of drug-likeness (QED) is 0.636. The van der Waals surface area contributed by atoms with Crippen molar-refractivity contribution in [1.29, 1.82) is 0 Å². The average molecular weight is 211 g/mol. The van der Waals surface area contributed by atoms with Crippen molar-refractivity contribution in [1.82, 2.24) is 20.4 Å².